The van der Waals surface area contributed by atoms with E-state index in [-0.39, 0.29) is 30.3 Å². The van der Waals surface area contributed by atoms with E-state index in [1.807, 2.05) is 25.8 Å². The van der Waals surface area contributed by atoms with Gasteiger partial charge in [-0.25, -0.2) is 9.97 Å². The monoisotopic (exact) mass is 424 g/mol. The van der Waals surface area contributed by atoms with Crippen LogP contribution in [0.25, 0.3) is 0 Å². The zero-order valence-corrected chi connectivity index (χ0v) is 17.0. The molecule has 1 amide bonds. The number of nitrogens with one attached hydrogen (secondary N) is 2. The zero-order valence-electron chi connectivity index (χ0n) is 17.0. The molecule has 2 N–H and O–H groups in total. The van der Waals surface area contributed by atoms with Crippen molar-refractivity contribution in [3.63, 3.8) is 0 Å². The Morgan fingerprint density at radius 2 is 2.07 bits per heavy atom. The maximum atomic E-state index is 12.4. The lowest BCUT2D eigenvalue weighted by molar-refractivity contribution is -0.154. The minimum atomic E-state index is -4.43. The molecule has 1 unspecified atom stereocenters. The Kier molecular flexibility index (Phi) is 5.99. The number of amides is 1. The zero-order chi connectivity index (χ0) is 22.1. The first-order valence-corrected chi connectivity index (χ1v) is 9.36. The minimum Gasteiger partial charge on any atom is -0.468 e. The number of aromatic nitrogens is 3. The van der Waals surface area contributed by atoms with Crippen LogP contribution < -0.4 is 20.3 Å². The van der Waals surface area contributed by atoms with Crippen molar-refractivity contribution in [3.8, 4) is 5.88 Å². The third-order valence-corrected chi connectivity index (χ3v) is 4.60. The summed E-state index contributed by atoms with van der Waals surface area (Å²) in [4.78, 5) is 26.9. The number of fused-ring (bicyclic) bond motifs is 1. The van der Waals surface area contributed by atoms with Crippen LogP contribution in [-0.2, 0) is 11.3 Å². The van der Waals surface area contributed by atoms with Gasteiger partial charge >= 0.3 is 6.18 Å². The molecule has 0 saturated heterocycles. The third-order valence-electron chi connectivity index (χ3n) is 4.60. The van der Waals surface area contributed by atoms with Gasteiger partial charge < -0.3 is 20.3 Å². The first kappa shape index (κ1) is 21.6. The number of halogens is 3. The highest BCUT2D eigenvalue weighted by Crippen LogP contribution is 2.34. The number of ether oxygens (including phenoxy) is 1. The van der Waals surface area contributed by atoms with Crippen LogP contribution in [0.1, 0.15) is 25.1 Å². The molecule has 0 bridgehead atoms. The molecule has 30 heavy (non-hydrogen) atoms. The normalized spacial score (nSPS) is 16.3. The second-order valence-corrected chi connectivity index (χ2v) is 7.38. The van der Waals surface area contributed by atoms with Crippen LogP contribution in [0.3, 0.4) is 0 Å². The van der Waals surface area contributed by atoms with Gasteiger partial charge in [-0.1, -0.05) is 13.8 Å². The fourth-order valence-corrected chi connectivity index (χ4v) is 3.27. The molecule has 1 aliphatic heterocycles. The summed E-state index contributed by atoms with van der Waals surface area (Å²) in [5.41, 5.74) is 1.83. The number of carbonyl (C=O) groups excluding carboxylic acids is 1. The van der Waals surface area contributed by atoms with E-state index in [0.717, 1.165) is 0 Å². The van der Waals surface area contributed by atoms with E-state index in [0.29, 0.717) is 28.7 Å². The van der Waals surface area contributed by atoms with Gasteiger partial charge in [0, 0.05) is 25.9 Å². The quantitative estimate of drug-likeness (QED) is 0.736. The number of hydrogen-bond donors (Lipinski definition) is 2. The van der Waals surface area contributed by atoms with Crippen molar-refractivity contribution in [2.45, 2.75) is 39.5 Å². The molecule has 0 aromatic carbocycles. The molecule has 0 spiro atoms. The van der Waals surface area contributed by atoms with Crippen LogP contribution in [0.2, 0.25) is 0 Å². The number of aryl methyl sites for hydroxylation is 1. The molecule has 1 atom stereocenters. The molecule has 8 nitrogen and oxygen atoms in total. The van der Waals surface area contributed by atoms with Gasteiger partial charge in [0.05, 0.1) is 5.69 Å². The smallest absolute Gasteiger partial charge is 0.422 e. The van der Waals surface area contributed by atoms with E-state index in [2.05, 4.69) is 30.3 Å². The van der Waals surface area contributed by atoms with Crippen LogP contribution in [0.15, 0.2) is 18.3 Å². The highest BCUT2D eigenvalue weighted by molar-refractivity contribution is 6.03. The number of alkyl halides is 3. The SMILES string of the molecule is Cc1nc(NCc2ccnc(OCC(F)(F)F)c2)nc2c1NC(=O)C(C(C)C)N2C. The number of likely N-dealkylation sites (N-methyl/N-ethyl adjacent to an activating group) is 1. The van der Waals surface area contributed by atoms with Crippen molar-refractivity contribution >= 4 is 23.4 Å². The third kappa shape index (κ3) is 4.89. The van der Waals surface area contributed by atoms with Gasteiger partial charge in [-0.3, -0.25) is 4.79 Å². The van der Waals surface area contributed by atoms with E-state index in [4.69, 9.17) is 0 Å². The molecule has 3 heterocycles. The molecule has 1 aliphatic rings. The Morgan fingerprint density at radius 1 is 1.33 bits per heavy atom. The van der Waals surface area contributed by atoms with Crippen LogP contribution in [0.4, 0.5) is 30.6 Å². The predicted molar refractivity (Wildman–Crippen MR) is 106 cm³/mol. The second-order valence-electron chi connectivity index (χ2n) is 7.38. The highest BCUT2D eigenvalue weighted by atomic mass is 19.4. The maximum absolute atomic E-state index is 12.4. The summed E-state index contributed by atoms with van der Waals surface area (Å²) in [6.45, 7) is 4.54. The van der Waals surface area contributed by atoms with Gasteiger partial charge in [0.1, 0.15) is 11.7 Å². The molecule has 0 aliphatic carbocycles. The van der Waals surface area contributed by atoms with E-state index >= 15 is 0 Å². The standard InChI is InChI=1S/C19H23F3N6O2/c1-10(2)15-17(29)26-14-11(3)25-18(27-16(14)28(15)4)24-8-12-5-6-23-13(7-12)30-9-19(20,21)22/h5-7,10,15H,8-9H2,1-4H3,(H,26,29)(H,24,25,27). The molecule has 11 heteroatoms. The lowest BCUT2D eigenvalue weighted by Crippen LogP contribution is -2.49. The average molecular weight is 424 g/mol. The summed E-state index contributed by atoms with van der Waals surface area (Å²) in [6.07, 6.45) is -3.06. The van der Waals surface area contributed by atoms with Crippen LogP contribution in [-0.4, -0.2) is 46.7 Å². The molecular weight excluding hydrogens is 401 g/mol. The summed E-state index contributed by atoms with van der Waals surface area (Å²) in [6, 6.07) is 2.72. The lowest BCUT2D eigenvalue weighted by Gasteiger charge is -2.36. The Balaban J connectivity index is 1.75. The summed E-state index contributed by atoms with van der Waals surface area (Å²) < 4.78 is 41.6. The molecule has 162 valence electrons. The first-order valence-electron chi connectivity index (χ1n) is 9.36. The van der Waals surface area contributed by atoms with Gasteiger partial charge in [-0.05, 0) is 24.5 Å². The van der Waals surface area contributed by atoms with Crippen molar-refractivity contribution in [1.82, 2.24) is 15.0 Å². The van der Waals surface area contributed by atoms with Gasteiger partial charge in [-0.2, -0.15) is 18.2 Å². The van der Waals surface area contributed by atoms with Gasteiger partial charge in [0.25, 0.3) is 0 Å². The maximum Gasteiger partial charge on any atom is 0.422 e. The number of anilines is 3. The van der Waals surface area contributed by atoms with E-state index in [9.17, 15) is 18.0 Å². The van der Waals surface area contributed by atoms with Crippen LogP contribution >= 0.6 is 0 Å². The molecule has 0 radical (unpaired) electrons. The number of rotatable bonds is 6. The molecule has 3 rings (SSSR count). The lowest BCUT2D eigenvalue weighted by atomic mass is 9.99. The Bertz CT molecular complexity index is 935. The Morgan fingerprint density at radius 3 is 2.73 bits per heavy atom. The second kappa shape index (κ2) is 8.33. The Hall–Kier alpha value is -3.11. The number of pyridine rings is 1. The molecule has 0 saturated carbocycles. The molecule has 0 fully saturated rings. The molecule has 2 aromatic heterocycles. The summed E-state index contributed by atoms with van der Waals surface area (Å²) in [7, 11) is 1.81. The fraction of sp³-hybridized carbons (Fsp3) is 0.474. The summed E-state index contributed by atoms with van der Waals surface area (Å²) in [5, 5.41) is 5.93. The van der Waals surface area contributed by atoms with E-state index in [1.54, 1.807) is 13.0 Å². The summed E-state index contributed by atoms with van der Waals surface area (Å²) in [5.74, 6) is 0.812. The van der Waals surface area contributed by atoms with Gasteiger partial charge in [-0.15, -0.1) is 0 Å². The van der Waals surface area contributed by atoms with Gasteiger partial charge in [0.2, 0.25) is 17.7 Å². The number of carbonyl (C=O) groups is 1. The highest BCUT2D eigenvalue weighted by Gasteiger charge is 2.35. The Labute approximate surface area is 171 Å². The number of hydrogen-bond acceptors (Lipinski definition) is 7. The van der Waals surface area contributed by atoms with Crippen molar-refractivity contribution in [3.05, 3.63) is 29.6 Å². The largest absolute Gasteiger partial charge is 0.468 e. The number of nitrogens with zero attached hydrogens (tertiary/aromatic N) is 4. The topological polar surface area (TPSA) is 92.3 Å². The van der Waals surface area contributed by atoms with Crippen molar-refractivity contribution < 1.29 is 22.7 Å². The van der Waals surface area contributed by atoms with Crippen molar-refractivity contribution in [2.24, 2.45) is 5.92 Å². The van der Waals surface area contributed by atoms with Crippen molar-refractivity contribution in [1.29, 1.82) is 0 Å². The average Bonchev–Trinajstić information content (AvgIpc) is 2.65. The van der Waals surface area contributed by atoms with E-state index in [1.165, 1.54) is 12.3 Å². The van der Waals surface area contributed by atoms with E-state index < -0.39 is 12.8 Å². The van der Waals surface area contributed by atoms with Crippen LogP contribution in [0.5, 0.6) is 5.88 Å². The predicted octanol–water partition coefficient (Wildman–Crippen LogP) is 3.15. The molecule has 2 aromatic rings. The summed E-state index contributed by atoms with van der Waals surface area (Å²) >= 11 is 0. The molecular formula is C19H23F3N6O2. The minimum absolute atomic E-state index is 0.0850. The van der Waals surface area contributed by atoms with Crippen molar-refractivity contribution in [2.75, 3.05) is 29.2 Å². The first-order chi connectivity index (χ1) is 14.0. The fourth-order valence-electron chi connectivity index (χ4n) is 3.27. The van der Waals surface area contributed by atoms with Gasteiger partial charge in [0.15, 0.2) is 12.4 Å². The van der Waals surface area contributed by atoms with Crippen LogP contribution in [0, 0.1) is 12.8 Å².